The van der Waals surface area contributed by atoms with Crippen molar-refractivity contribution in [3.63, 3.8) is 0 Å². The van der Waals surface area contributed by atoms with Crippen LogP contribution in [-0.2, 0) is 14.8 Å². The third-order valence-electron chi connectivity index (χ3n) is 1.42. The molecule has 1 amide bonds. The van der Waals surface area contributed by atoms with Gasteiger partial charge in [0.05, 0.1) is 12.3 Å². The van der Waals surface area contributed by atoms with Gasteiger partial charge < -0.3 is 11.1 Å². The van der Waals surface area contributed by atoms with Gasteiger partial charge in [0, 0.05) is 20.6 Å². The van der Waals surface area contributed by atoms with Gasteiger partial charge in [-0.3, -0.25) is 4.79 Å². The summed E-state index contributed by atoms with van der Waals surface area (Å²) in [6, 6.07) is 0. The third-order valence-corrected chi connectivity index (χ3v) is 3.26. The number of rotatable bonds is 5. The molecule has 0 saturated heterocycles. The van der Waals surface area contributed by atoms with Crippen molar-refractivity contribution >= 4 is 15.9 Å². The number of hydrogen-bond donors (Lipinski definition) is 2. The lowest BCUT2D eigenvalue weighted by Gasteiger charge is -2.10. The van der Waals surface area contributed by atoms with Crippen molar-refractivity contribution in [1.82, 2.24) is 9.62 Å². The summed E-state index contributed by atoms with van der Waals surface area (Å²) in [4.78, 5) is 10.6. The van der Waals surface area contributed by atoms with E-state index in [-0.39, 0.29) is 24.7 Å². The lowest BCUT2D eigenvalue weighted by molar-refractivity contribution is -0.119. The number of nitrogens with zero attached hydrogens (tertiary/aromatic N) is 1. The van der Waals surface area contributed by atoms with Crippen LogP contribution in [0, 0.1) is 0 Å². The van der Waals surface area contributed by atoms with Crippen molar-refractivity contribution in [1.29, 1.82) is 0 Å². The lowest BCUT2D eigenvalue weighted by Crippen LogP contribution is -2.36. The maximum atomic E-state index is 11.1. The Labute approximate surface area is 78.1 Å². The Morgan fingerprint density at radius 3 is 2.38 bits per heavy atom. The van der Waals surface area contributed by atoms with Crippen molar-refractivity contribution in [3.8, 4) is 0 Å². The van der Waals surface area contributed by atoms with Crippen LogP contribution in [0.5, 0.6) is 0 Å². The molecule has 0 saturated carbocycles. The molecule has 0 aromatic heterocycles. The Morgan fingerprint density at radius 1 is 1.46 bits per heavy atom. The van der Waals surface area contributed by atoms with Crippen molar-refractivity contribution < 1.29 is 13.2 Å². The summed E-state index contributed by atoms with van der Waals surface area (Å²) >= 11 is 0. The van der Waals surface area contributed by atoms with Crippen molar-refractivity contribution in [3.05, 3.63) is 0 Å². The van der Waals surface area contributed by atoms with E-state index in [4.69, 9.17) is 5.73 Å². The minimum atomic E-state index is -3.22. The van der Waals surface area contributed by atoms with E-state index in [1.54, 1.807) is 0 Å². The average molecular weight is 209 g/mol. The molecule has 0 spiro atoms. The summed E-state index contributed by atoms with van der Waals surface area (Å²) in [5.74, 6) is -0.458. The molecule has 78 valence electrons. The zero-order valence-electron chi connectivity index (χ0n) is 7.78. The van der Waals surface area contributed by atoms with Crippen LogP contribution >= 0.6 is 0 Å². The number of hydrogen-bond acceptors (Lipinski definition) is 4. The highest BCUT2D eigenvalue weighted by Gasteiger charge is 2.12. The molecule has 0 fully saturated rings. The fourth-order valence-corrected chi connectivity index (χ4v) is 1.30. The molecule has 0 aromatic carbocycles. The summed E-state index contributed by atoms with van der Waals surface area (Å²) in [6.07, 6.45) is 0. The van der Waals surface area contributed by atoms with Gasteiger partial charge in [0.25, 0.3) is 0 Å². The maximum Gasteiger partial charge on any atom is 0.233 e. The molecule has 0 aliphatic carbocycles. The predicted molar refractivity (Wildman–Crippen MR) is 49.5 cm³/mol. The fourth-order valence-electron chi connectivity index (χ4n) is 0.574. The van der Waals surface area contributed by atoms with E-state index in [1.165, 1.54) is 14.1 Å². The number of sulfonamides is 1. The highest BCUT2D eigenvalue weighted by Crippen LogP contribution is 1.91. The average Bonchev–Trinajstić information content (AvgIpc) is 2.03. The molecule has 0 radical (unpaired) electrons. The van der Waals surface area contributed by atoms with E-state index < -0.39 is 10.0 Å². The van der Waals surface area contributed by atoms with E-state index >= 15 is 0 Å². The first kappa shape index (κ1) is 12.3. The van der Waals surface area contributed by atoms with E-state index in [1.807, 2.05) is 0 Å². The quantitative estimate of drug-likeness (QED) is 0.545. The molecule has 0 aromatic rings. The van der Waals surface area contributed by atoms with Crippen LogP contribution in [0.25, 0.3) is 0 Å². The molecular weight excluding hydrogens is 194 g/mol. The first-order valence-corrected chi connectivity index (χ1v) is 5.38. The molecule has 0 aliphatic rings. The number of nitrogens with two attached hydrogens (primary N) is 1. The standard InChI is InChI=1S/C6H15N3O3S/c1-9(2)13(11,12)4-3-8-6(10)5-7/h3-5,7H2,1-2H3,(H,8,10). The summed E-state index contributed by atoms with van der Waals surface area (Å²) < 4.78 is 23.4. The Hall–Kier alpha value is -0.660. The maximum absolute atomic E-state index is 11.1. The second-order valence-corrected chi connectivity index (χ2v) is 4.95. The number of carbonyl (C=O) groups is 1. The van der Waals surface area contributed by atoms with Gasteiger partial charge in [0.2, 0.25) is 15.9 Å². The molecule has 0 atom stereocenters. The normalized spacial score (nSPS) is 11.7. The topological polar surface area (TPSA) is 92.5 Å². The fraction of sp³-hybridized carbons (Fsp3) is 0.833. The molecule has 0 rings (SSSR count). The second-order valence-electron chi connectivity index (χ2n) is 2.65. The molecule has 6 nitrogen and oxygen atoms in total. The first-order chi connectivity index (χ1) is 5.90. The van der Waals surface area contributed by atoms with Gasteiger partial charge in [0.15, 0.2) is 0 Å². The van der Waals surface area contributed by atoms with E-state index in [0.717, 1.165) is 4.31 Å². The van der Waals surface area contributed by atoms with Crippen LogP contribution in [0.1, 0.15) is 0 Å². The smallest absolute Gasteiger partial charge is 0.233 e. The molecule has 0 heterocycles. The zero-order valence-corrected chi connectivity index (χ0v) is 8.60. The molecule has 13 heavy (non-hydrogen) atoms. The minimum Gasteiger partial charge on any atom is -0.354 e. The number of nitrogens with one attached hydrogen (secondary N) is 1. The van der Waals surface area contributed by atoms with Crippen molar-refractivity contribution in [2.24, 2.45) is 5.73 Å². The molecule has 3 N–H and O–H groups in total. The monoisotopic (exact) mass is 209 g/mol. The highest BCUT2D eigenvalue weighted by atomic mass is 32.2. The second kappa shape index (κ2) is 5.15. The Bertz CT molecular complexity index is 260. The van der Waals surface area contributed by atoms with Gasteiger partial charge >= 0.3 is 0 Å². The largest absolute Gasteiger partial charge is 0.354 e. The van der Waals surface area contributed by atoms with Crippen LogP contribution in [-0.4, -0.2) is 51.6 Å². The summed E-state index contributed by atoms with van der Waals surface area (Å²) in [5.41, 5.74) is 5.01. The van der Waals surface area contributed by atoms with E-state index in [2.05, 4.69) is 5.32 Å². The Balaban J connectivity index is 3.84. The van der Waals surface area contributed by atoms with Gasteiger partial charge in [-0.1, -0.05) is 0 Å². The summed E-state index contributed by atoms with van der Waals surface area (Å²) in [6.45, 7) is -0.0292. The van der Waals surface area contributed by atoms with Crippen molar-refractivity contribution in [2.45, 2.75) is 0 Å². The van der Waals surface area contributed by atoms with E-state index in [0.29, 0.717) is 0 Å². The Kier molecular flexibility index (Phi) is 4.89. The lowest BCUT2D eigenvalue weighted by atomic mass is 10.6. The molecule has 7 heteroatoms. The number of amides is 1. The van der Waals surface area contributed by atoms with Gasteiger partial charge in [-0.25, -0.2) is 12.7 Å². The zero-order chi connectivity index (χ0) is 10.5. The van der Waals surface area contributed by atoms with Crippen LogP contribution in [0.2, 0.25) is 0 Å². The molecule has 0 bridgehead atoms. The molecule has 0 aliphatic heterocycles. The summed E-state index contributed by atoms with van der Waals surface area (Å²) in [5, 5.41) is 2.37. The van der Waals surface area contributed by atoms with Crippen molar-refractivity contribution in [2.75, 3.05) is 32.9 Å². The first-order valence-electron chi connectivity index (χ1n) is 3.77. The molecule has 0 unspecified atom stereocenters. The third kappa shape index (κ3) is 4.81. The van der Waals surface area contributed by atoms with Crippen LogP contribution < -0.4 is 11.1 Å². The van der Waals surface area contributed by atoms with Gasteiger partial charge in [-0.15, -0.1) is 0 Å². The highest BCUT2D eigenvalue weighted by molar-refractivity contribution is 7.89. The predicted octanol–water partition coefficient (Wildman–Crippen LogP) is -2.05. The summed E-state index contributed by atoms with van der Waals surface area (Å²) in [7, 11) is -0.335. The van der Waals surface area contributed by atoms with Crippen LogP contribution in [0.15, 0.2) is 0 Å². The Morgan fingerprint density at radius 2 is 2.00 bits per heavy atom. The SMILES string of the molecule is CN(C)S(=O)(=O)CCNC(=O)CN. The minimum absolute atomic E-state index is 0.0938. The van der Waals surface area contributed by atoms with E-state index in [9.17, 15) is 13.2 Å². The van der Waals surface area contributed by atoms with Gasteiger partial charge in [0.1, 0.15) is 0 Å². The van der Waals surface area contributed by atoms with Gasteiger partial charge in [-0.2, -0.15) is 0 Å². The van der Waals surface area contributed by atoms with Crippen LogP contribution in [0.3, 0.4) is 0 Å². The van der Waals surface area contributed by atoms with Gasteiger partial charge in [-0.05, 0) is 0 Å². The van der Waals surface area contributed by atoms with Crippen LogP contribution in [0.4, 0.5) is 0 Å². The number of carbonyl (C=O) groups excluding carboxylic acids is 1. The molecular formula is C6H15N3O3S.